The van der Waals surface area contributed by atoms with Crippen molar-refractivity contribution in [1.29, 1.82) is 0 Å². The number of nitrogens with zero attached hydrogens (tertiary/aromatic N) is 3. The molecular formula is C16H11ClFN3O2. The molecule has 0 fully saturated rings. The number of fused-ring (bicyclic) bond motifs is 1. The van der Waals surface area contributed by atoms with Gasteiger partial charge in [-0.1, -0.05) is 41.6 Å². The molecule has 1 aromatic heterocycles. The monoisotopic (exact) mass is 331 g/mol. The molecule has 0 radical (unpaired) electrons. The minimum atomic E-state index is -0.701. The highest BCUT2D eigenvalue weighted by molar-refractivity contribution is 6.32. The van der Waals surface area contributed by atoms with Crippen molar-refractivity contribution in [3.8, 4) is 11.4 Å². The zero-order valence-corrected chi connectivity index (χ0v) is 12.6. The predicted octanol–water partition coefficient (Wildman–Crippen LogP) is 3.14. The van der Waals surface area contributed by atoms with Gasteiger partial charge in [0.15, 0.2) is 5.82 Å². The molecule has 0 N–H and O–H groups in total. The number of ether oxygens (including phenoxy) is 1. The van der Waals surface area contributed by atoms with Crippen LogP contribution in [0.2, 0.25) is 5.02 Å². The van der Waals surface area contributed by atoms with Gasteiger partial charge >= 0.3 is 0 Å². The minimum Gasteiger partial charge on any atom is -0.488 e. The van der Waals surface area contributed by atoms with Crippen LogP contribution in [-0.4, -0.2) is 21.6 Å². The maximum absolute atomic E-state index is 14.2. The van der Waals surface area contributed by atoms with Crippen molar-refractivity contribution in [3.05, 3.63) is 70.2 Å². The quantitative estimate of drug-likeness (QED) is 0.689. The molecule has 0 bridgehead atoms. The molecule has 0 saturated heterocycles. The van der Waals surface area contributed by atoms with E-state index in [2.05, 4.69) is 16.9 Å². The first-order chi connectivity index (χ1) is 11.1. The van der Waals surface area contributed by atoms with Crippen LogP contribution in [0.1, 0.15) is 0 Å². The van der Waals surface area contributed by atoms with E-state index in [1.54, 1.807) is 24.3 Å². The van der Waals surface area contributed by atoms with Crippen molar-refractivity contribution in [3.63, 3.8) is 0 Å². The summed E-state index contributed by atoms with van der Waals surface area (Å²) >= 11 is 5.94. The highest BCUT2D eigenvalue weighted by Gasteiger charge is 2.15. The Morgan fingerprint density at radius 1 is 1.35 bits per heavy atom. The van der Waals surface area contributed by atoms with Crippen LogP contribution in [0, 0.1) is 5.82 Å². The molecule has 0 aliphatic rings. The predicted molar refractivity (Wildman–Crippen MR) is 85.8 cm³/mol. The molecule has 0 atom stereocenters. The van der Waals surface area contributed by atoms with Crippen molar-refractivity contribution >= 4 is 22.5 Å². The summed E-state index contributed by atoms with van der Waals surface area (Å²) < 4.78 is 20.5. The number of benzene rings is 2. The van der Waals surface area contributed by atoms with Gasteiger partial charge in [-0.15, -0.1) is 5.10 Å². The number of rotatable bonds is 4. The molecule has 3 aromatic rings. The zero-order chi connectivity index (χ0) is 16.4. The van der Waals surface area contributed by atoms with Crippen LogP contribution >= 0.6 is 11.6 Å². The Bertz CT molecular complexity index is 956. The average Bonchev–Trinajstić information content (AvgIpc) is 2.55. The van der Waals surface area contributed by atoms with Crippen LogP contribution in [0.25, 0.3) is 16.6 Å². The number of halogens is 2. The van der Waals surface area contributed by atoms with E-state index in [1.165, 1.54) is 12.1 Å². The number of hydrogen-bond acceptors (Lipinski definition) is 4. The zero-order valence-electron chi connectivity index (χ0n) is 11.9. The lowest BCUT2D eigenvalue weighted by atomic mass is 10.2. The SMILES string of the molecule is C=CCOc1cc(-n2nnc3ccccc3c2=O)c(F)cc1Cl. The van der Waals surface area contributed by atoms with Gasteiger partial charge in [-0.05, 0) is 18.2 Å². The smallest absolute Gasteiger partial charge is 0.282 e. The van der Waals surface area contributed by atoms with Gasteiger partial charge in [0.25, 0.3) is 5.56 Å². The van der Waals surface area contributed by atoms with Gasteiger partial charge in [-0.3, -0.25) is 4.79 Å². The summed E-state index contributed by atoms with van der Waals surface area (Å²) in [6, 6.07) is 9.08. The van der Waals surface area contributed by atoms with Gasteiger partial charge in [0.2, 0.25) is 0 Å². The van der Waals surface area contributed by atoms with Crippen LogP contribution in [-0.2, 0) is 0 Å². The number of hydrogen-bond donors (Lipinski definition) is 0. The first-order valence-corrected chi connectivity index (χ1v) is 7.07. The van der Waals surface area contributed by atoms with Crippen LogP contribution in [0.15, 0.2) is 53.8 Å². The Labute approximate surface area is 135 Å². The Morgan fingerprint density at radius 2 is 2.13 bits per heavy atom. The van der Waals surface area contributed by atoms with E-state index in [0.717, 1.165) is 10.7 Å². The maximum Gasteiger partial charge on any atom is 0.282 e. The maximum atomic E-state index is 14.2. The van der Waals surface area contributed by atoms with Crippen LogP contribution < -0.4 is 10.3 Å². The van der Waals surface area contributed by atoms with Gasteiger partial charge in [0.1, 0.15) is 23.6 Å². The molecule has 0 aliphatic heterocycles. The van der Waals surface area contributed by atoms with E-state index in [0.29, 0.717) is 10.9 Å². The molecule has 0 amide bonds. The van der Waals surface area contributed by atoms with Crippen LogP contribution in [0.5, 0.6) is 5.75 Å². The summed E-state index contributed by atoms with van der Waals surface area (Å²) in [5, 5.41) is 8.14. The Balaban J connectivity index is 2.20. The molecule has 1 heterocycles. The summed E-state index contributed by atoms with van der Waals surface area (Å²) in [7, 11) is 0. The molecule has 3 rings (SSSR count). The van der Waals surface area contributed by atoms with Crippen LogP contribution in [0.4, 0.5) is 4.39 Å². The van der Waals surface area contributed by atoms with Gasteiger partial charge in [-0.2, -0.15) is 4.68 Å². The normalized spacial score (nSPS) is 10.7. The Kier molecular flexibility index (Phi) is 4.08. The van der Waals surface area contributed by atoms with Gasteiger partial charge in [-0.25, -0.2) is 4.39 Å². The fraction of sp³-hybridized carbons (Fsp3) is 0.0625. The average molecular weight is 332 g/mol. The van der Waals surface area contributed by atoms with Gasteiger partial charge < -0.3 is 4.74 Å². The molecule has 23 heavy (non-hydrogen) atoms. The van der Waals surface area contributed by atoms with E-state index < -0.39 is 11.4 Å². The fourth-order valence-corrected chi connectivity index (χ4v) is 2.29. The van der Waals surface area contributed by atoms with Crippen LogP contribution in [0.3, 0.4) is 0 Å². The molecule has 0 unspecified atom stereocenters. The summed E-state index contributed by atoms with van der Waals surface area (Å²) in [6.45, 7) is 3.73. The second-order valence-corrected chi connectivity index (χ2v) is 5.06. The fourth-order valence-electron chi connectivity index (χ4n) is 2.09. The highest BCUT2D eigenvalue weighted by atomic mass is 35.5. The van der Waals surface area contributed by atoms with Crippen molar-refractivity contribution in [2.45, 2.75) is 0 Å². The summed E-state index contributed by atoms with van der Waals surface area (Å²) in [5.74, 6) is -0.475. The number of aromatic nitrogens is 3. The highest BCUT2D eigenvalue weighted by Crippen LogP contribution is 2.29. The van der Waals surface area contributed by atoms with Gasteiger partial charge in [0, 0.05) is 6.07 Å². The molecule has 0 aliphatic carbocycles. The summed E-state index contributed by atoms with van der Waals surface area (Å²) in [6.07, 6.45) is 1.53. The van der Waals surface area contributed by atoms with E-state index in [9.17, 15) is 9.18 Å². The van der Waals surface area contributed by atoms with E-state index in [-0.39, 0.29) is 23.1 Å². The topological polar surface area (TPSA) is 57.0 Å². The molecule has 5 nitrogen and oxygen atoms in total. The summed E-state index contributed by atoms with van der Waals surface area (Å²) in [5.41, 5.74) is -0.130. The second kappa shape index (κ2) is 6.18. The third-order valence-corrected chi connectivity index (χ3v) is 3.45. The second-order valence-electron chi connectivity index (χ2n) is 4.66. The lowest BCUT2D eigenvalue weighted by Crippen LogP contribution is -2.23. The molecular weight excluding hydrogens is 321 g/mol. The van der Waals surface area contributed by atoms with E-state index >= 15 is 0 Å². The minimum absolute atomic E-state index is 0.0864. The lowest BCUT2D eigenvalue weighted by molar-refractivity contribution is 0.362. The molecule has 0 saturated carbocycles. The van der Waals surface area contributed by atoms with Crippen molar-refractivity contribution in [2.24, 2.45) is 0 Å². The third kappa shape index (κ3) is 2.80. The molecule has 116 valence electrons. The Hall–Kier alpha value is -2.73. The van der Waals surface area contributed by atoms with E-state index in [1.807, 2.05) is 0 Å². The van der Waals surface area contributed by atoms with Crippen molar-refractivity contribution < 1.29 is 9.13 Å². The summed E-state index contributed by atoms with van der Waals surface area (Å²) in [4.78, 5) is 12.5. The standard InChI is InChI=1S/C16H11ClFN3O2/c1-2-7-23-15-9-14(12(18)8-11(15)17)21-16(22)10-5-3-4-6-13(10)19-20-21/h2-6,8-9H,1,7H2. The van der Waals surface area contributed by atoms with E-state index in [4.69, 9.17) is 16.3 Å². The molecule has 2 aromatic carbocycles. The third-order valence-electron chi connectivity index (χ3n) is 3.15. The molecule has 7 heteroatoms. The molecule has 0 spiro atoms. The van der Waals surface area contributed by atoms with Crippen molar-refractivity contribution in [2.75, 3.05) is 6.61 Å². The first-order valence-electron chi connectivity index (χ1n) is 6.69. The first kappa shape index (κ1) is 15.2. The lowest BCUT2D eigenvalue weighted by Gasteiger charge is -2.10. The van der Waals surface area contributed by atoms with Gasteiger partial charge in [0.05, 0.1) is 10.4 Å². The van der Waals surface area contributed by atoms with Crippen molar-refractivity contribution in [1.82, 2.24) is 15.0 Å². The Morgan fingerprint density at radius 3 is 2.91 bits per heavy atom. The largest absolute Gasteiger partial charge is 0.488 e.